The summed E-state index contributed by atoms with van der Waals surface area (Å²) in [4.78, 5) is 38.9. The van der Waals surface area contributed by atoms with Gasteiger partial charge in [-0.1, -0.05) is 47.6 Å². The second-order valence-corrected chi connectivity index (χ2v) is 13.3. The van der Waals surface area contributed by atoms with Crippen LogP contribution in [0.4, 0.5) is 5.82 Å². The minimum absolute atomic E-state index is 0.0128. The number of pyridine rings is 1. The lowest BCUT2D eigenvalue weighted by atomic mass is 9.97. The minimum Gasteiger partial charge on any atom is -0.492 e. The number of amides is 1. The largest absolute Gasteiger partial charge is 0.492 e. The van der Waals surface area contributed by atoms with Crippen LogP contribution in [-0.4, -0.2) is 69.6 Å². The number of rotatable bonds is 16. The van der Waals surface area contributed by atoms with Crippen LogP contribution in [0.25, 0.3) is 21.7 Å². The quantitative estimate of drug-likeness (QED) is 0.0467. The van der Waals surface area contributed by atoms with Crippen molar-refractivity contribution in [3.8, 4) is 39.6 Å². The highest BCUT2D eigenvalue weighted by Gasteiger charge is 2.29. The number of aromatic nitrogens is 2. The second-order valence-electron chi connectivity index (χ2n) is 11.1. The highest BCUT2D eigenvalue weighted by Crippen LogP contribution is 2.37. The van der Waals surface area contributed by atoms with Crippen molar-refractivity contribution in [1.29, 1.82) is 10.5 Å². The Morgan fingerprint density at radius 3 is 2.37 bits per heavy atom. The van der Waals surface area contributed by atoms with Gasteiger partial charge in [0.2, 0.25) is 5.91 Å². The number of nitrogens with two attached hydrogens (primary N) is 4. The number of nitrogens with zero attached hydrogens (tertiary/aromatic N) is 6. The normalized spacial score (nSPS) is 11.9. The van der Waals surface area contributed by atoms with E-state index in [1.807, 2.05) is 17.5 Å². The number of hydrogen-bond donors (Lipinski definition) is 5. The molecule has 0 unspecified atom stereocenters. The van der Waals surface area contributed by atoms with Crippen molar-refractivity contribution >= 4 is 58.4 Å². The minimum atomic E-state index is -1.19. The monoisotopic (exact) mass is 746 g/mol. The molecule has 0 fully saturated rings. The topological polar surface area (TPSA) is 257 Å². The number of nitrogen functional groups attached to an aromatic ring is 1. The number of hydrogen-bond acceptors (Lipinski definition) is 12. The van der Waals surface area contributed by atoms with E-state index in [0.717, 1.165) is 21.2 Å². The molecule has 4 rings (SSSR count). The molecule has 0 radical (unpaired) electrons. The molecule has 0 bridgehead atoms. The summed E-state index contributed by atoms with van der Waals surface area (Å²) in [6.07, 6.45) is 0.692. The lowest BCUT2D eigenvalue weighted by Crippen LogP contribution is -2.51. The van der Waals surface area contributed by atoms with Gasteiger partial charge in [-0.15, -0.1) is 11.3 Å². The number of guanidine groups is 1. The molecule has 51 heavy (non-hydrogen) atoms. The zero-order chi connectivity index (χ0) is 37.1. The average Bonchev–Trinajstić information content (AvgIpc) is 3.59. The van der Waals surface area contributed by atoms with Crippen LogP contribution < -0.4 is 27.7 Å². The van der Waals surface area contributed by atoms with Gasteiger partial charge in [0, 0.05) is 33.8 Å². The first-order valence-corrected chi connectivity index (χ1v) is 17.7. The van der Waals surface area contributed by atoms with Crippen molar-refractivity contribution in [1.82, 2.24) is 14.9 Å². The highest BCUT2D eigenvalue weighted by molar-refractivity contribution is 7.98. The third kappa shape index (κ3) is 10.1. The molecule has 0 saturated heterocycles. The SMILES string of the molecule is C[C@H](C(=O)O)N(CCOc1ccc(-c2c(C#N)c(N)nc(SCc3csc(-c4ccc(Cl)cc4)n3)c2C#N)cc1)C(=O)[C@@H](N)CCCN=C(N)N. The van der Waals surface area contributed by atoms with Crippen LogP contribution in [0.2, 0.25) is 5.02 Å². The molecule has 0 aliphatic carbocycles. The Balaban J connectivity index is 1.46. The maximum Gasteiger partial charge on any atom is 0.326 e. The fourth-order valence-electron chi connectivity index (χ4n) is 4.90. The summed E-state index contributed by atoms with van der Waals surface area (Å²) in [6.45, 7) is 1.60. The standard InChI is InChI=1S/C34H35ClN10O4S2/c1-19(33(47)48)45(32(46)27(38)3-2-12-42-34(40)41)13-14-49-24-10-6-20(7-11-24)28-25(15-36)29(39)44-31(26(28)16-37)51-18-23-17-50-30(43-23)21-4-8-22(35)9-5-21/h4-11,17,19,27H,2-3,12-14,18,38H2,1H3,(H2,39,44)(H,47,48)(H4,40,41,42)/t19-,27+/m1/s1. The maximum absolute atomic E-state index is 13.1. The summed E-state index contributed by atoms with van der Waals surface area (Å²) in [6, 6.07) is 16.2. The van der Waals surface area contributed by atoms with E-state index in [2.05, 4.69) is 22.1 Å². The molecular formula is C34H35ClN10O4S2. The predicted octanol–water partition coefficient (Wildman–Crippen LogP) is 4.20. The lowest BCUT2D eigenvalue weighted by Gasteiger charge is -2.29. The van der Waals surface area contributed by atoms with E-state index in [1.54, 1.807) is 36.4 Å². The van der Waals surface area contributed by atoms with E-state index in [1.165, 1.54) is 30.0 Å². The third-order valence-corrected chi connectivity index (χ3v) is 9.75. The van der Waals surface area contributed by atoms with E-state index in [0.29, 0.717) is 39.1 Å². The number of aliphatic imine (C=N–C) groups is 1. The molecule has 2 aromatic carbocycles. The molecule has 0 aliphatic heterocycles. The number of nitriles is 2. The summed E-state index contributed by atoms with van der Waals surface area (Å²) in [5, 5.41) is 33.5. The van der Waals surface area contributed by atoms with Gasteiger partial charge < -0.3 is 37.7 Å². The Bertz CT molecular complexity index is 1970. The first-order valence-electron chi connectivity index (χ1n) is 15.5. The molecule has 264 valence electrons. The predicted molar refractivity (Wildman–Crippen MR) is 198 cm³/mol. The number of carbonyl (C=O) groups is 2. The zero-order valence-corrected chi connectivity index (χ0v) is 29.8. The summed E-state index contributed by atoms with van der Waals surface area (Å²) in [7, 11) is 0. The zero-order valence-electron chi connectivity index (χ0n) is 27.5. The lowest BCUT2D eigenvalue weighted by molar-refractivity contribution is -0.150. The maximum atomic E-state index is 13.1. The van der Waals surface area contributed by atoms with Gasteiger partial charge in [0.1, 0.15) is 52.0 Å². The molecule has 4 aromatic rings. The van der Waals surface area contributed by atoms with Crippen LogP contribution in [-0.2, 0) is 15.3 Å². The van der Waals surface area contributed by atoms with Crippen molar-refractivity contribution < 1.29 is 19.4 Å². The molecule has 0 spiro atoms. The van der Waals surface area contributed by atoms with E-state index in [-0.39, 0.29) is 49.0 Å². The summed E-state index contributed by atoms with van der Waals surface area (Å²) < 4.78 is 5.84. The van der Waals surface area contributed by atoms with Crippen molar-refractivity contribution in [2.24, 2.45) is 22.2 Å². The van der Waals surface area contributed by atoms with Gasteiger partial charge in [0.05, 0.1) is 23.8 Å². The summed E-state index contributed by atoms with van der Waals surface area (Å²) in [5.74, 6) is -0.997. The molecule has 0 aliphatic rings. The van der Waals surface area contributed by atoms with E-state index in [9.17, 15) is 25.2 Å². The summed E-state index contributed by atoms with van der Waals surface area (Å²) >= 11 is 8.78. The number of thioether (sulfide) groups is 1. The van der Waals surface area contributed by atoms with Crippen LogP contribution >= 0.6 is 34.7 Å². The molecule has 2 aromatic heterocycles. The summed E-state index contributed by atoms with van der Waals surface area (Å²) in [5.41, 5.74) is 25.8. The van der Waals surface area contributed by atoms with Crippen LogP contribution in [0, 0.1) is 22.7 Å². The Morgan fingerprint density at radius 2 is 1.75 bits per heavy atom. The van der Waals surface area contributed by atoms with E-state index < -0.39 is 24.0 Å². The van der Waals surface area contributed by atoms with Crippen LogP contribution in [0.1, 0.15) is 36.6 Å². The molecule has 9 N–H and O–H groups in total. The van der Waals surface area contributed by atoms with Crippen molar-refractivity contribution in [2.75, 3.05) is 25.4 Å². The van der Waals surface area contributed by atoms with Gasteiger partial charge in [-0.2, -0.15) is 10.5 Å². The third-order valence-electron chi connectivity index (χ3n) is 7.55. The smallest absolute Gasteiger partial charge is 0.326 e. The molecular weight excluding hydrogens is 712 g/mol. The Morgan fingerprint density at radius 1 is 1.08 bits per heavy atom. The van der Waals surface area contributed by atoms with Crippen LogP contribution in [0.3, 0.4) is 0 Å². The fourth-order valence-corrected chi connectivity index (χ4v) is 6.84. The van der Waals surface area contributed by atoms with Crippen molar-refractivity contribution in [3.05, 3.63) is 75.8 Å². The number of anilines is 1. The Kier molecular flexibility index (Phi) is 13.6. The number of benzene rings is 2. The molecule has 0 saturated carbocycles. The Hall–Kier alpha value is -5.39. The number of carbonyl (C=O) groups excluding carboxylic acids is 1. The van der Waals surface area contributed by atoms with Gasteiger partial charge in [-0.3, -0.25) is 9.79 Å². The van der Waals surface area contributed by atoms with Gasteiger partial charge >= 0.3 is 5.97 Å². The van der Waals surface area contributed by atoms with E-state index in [4.69, 9.17) is 44.3 Å². The van der Waals surface area contributed by atoms with Gasteiger partial charge in [0.15, 0.2) is 5.96 Å². The van der Waals surface area contributed by atoms with E-state index >= 15 is 0 Å². The average molecular weight is 747 g/mol. The van der Waals surface area contributed by atoms with Crippen LogP contribution in [0.5, 0.6) is 5.75 Å². The first-order chi connectivity index (χ1) is 24.4. The van der Waals surface area contributed by atoms with Crippen molar-refractivity contribution in [3.63, 3.8) is 0 Å². The molecule has 14 nitrogen and oxygen atoms in total. The number of carboxylic acids is 1. The van der Waals surface area contributed by atoms with Gasteiger partial charge in [-0.25, -0.2) is 14.8 Å². The number of thiazole rings is 1. The molecule has 1 amide bonds. The van der Waals surface area contributed by atoms with Crippen LogP contribution in [0.15, 0.2) is 63.9 Å². The van der Waals surface area contributed by atoms with Gasteiger partial charge in [0.25, 0.3) is 0 Å². The van der Waals surface area contributed by atoms with Gasteiger partial charge in [-0.05, 0) is 49.6 Å². The fraction of sp³-hybridized carbons (Fsp3) is 0.265. The second kappa shape index (κ2) is 18.0. The number of carboxylic acid groups (broad SMARTS) is 1. The first kappa shape index (κ1) is 38.4. The molecule has 2 atom stereocenters. The number of ether oxygens (including phenoxy) is 1. The van der Waals surface area contributed by atoms with Crippen molar-refractivity contribution in [2.45, 2.75) is 42.6 Å². The molecule has 2 heterocycles. The Labute approximate surface area is 307 Å². The highest BCUT2D eigenvalue weighted by atomic mass is 35.5. The number of aliphatic carboxylic acids is 1. The number of halogens is 1. The molecule has 17 heteroatoms.